The number of hydrogen-bond acceptors (Lipinski definition) is 6. The summed E-state index contributed by atoms with van der Waals surface area (Å²) in [5, 5.41) is 6.86. The molecule has 3 heterocycles. The lowest BCUT2D eigenvalue weighted by Crippen LogP contribution is -2.57. The number of rotatable bonds is 8. The van der Waals surface area contributed by atoms with E-state index in [1.807, 2.05) is 12.1 Å². The molecule has 5 rings (SSSR count). The van der Waals surface area contributed by atoms with Crippen LogP contribution in [-0.2, 0) is 26.0 Å². The van der Waals surface area contributed by atoms with Crippen molar-refractivity contribution in [2.75, 3.05) is 37.4 Å². The molecule has 1 unspecified atom stereocenters. The third-order valence-corrected chi connectivity index (χ3v) is 10.8. The van der Waals surface area contributed by atoms with E-state index in [2.05, 4.69) is 10.6 Å². The molecule has 0 aliphatic carbocycles. The van der Waals surface area contributed by atoms with Gasteiger partial charge in [0.1, 0.15) is 5.82 Å². The summed E-state index contributed by atoms with van der Waals surface area (Å²) in [5.41, 5.74) is 8.24. The molecule has 3 aliphatic rings. The Morgan fingerprint density at radius 2 is 1.93 bits per heavy atom. The van der Waals surface area contributed by atoms with Gasteiger partial charge < -0.3 is 21.1 Å². The second-order valence-corrected chi connectivity index (χ2v) is 13.6. The summed E-state index contributed by atoms with van der Waals surface area (Å²) in [6.45, 7) is 2.22. The Bertz CT molecular complexity index is 1290. The van der Waals surface area contributed by atoms with Crippen LogP contribution in [0.25, 0.3) is 0 Å². The number of carbonyl (C=O) groups excluding carboxylic acids is 1. The summed E-state index contributed by atoms with van der Waals surface area (Å²) in [6, 6.07) is 11.1. The maximum absolute atomic E-state index is 15.1. The van der Waals surface area contributed by atoms with Gasteiger partial charge in [-0.1, -0.05) is 35.9 Å². The summed E-state index contributed by atoms with van der Waals surface area (Å²) in [5.74, 6) is -1.01. The van der Waals surface area contributed by atoms with Gasteiger partial charge in [0.15, 0.2) is 0 Å². The average molecular weight is 593 g/mol. The SMILES string of the molecule is N[C@H](C(=O)Nc1c(F)cccc1CC[C@H]1CN[C@@H]2CCCS(=O)(=O)N1C2)[C@@H](c1ccc(Cl)cc1)C1CCOCC1. The van der Waals surface area contributed by atoms with Gasteiger partial charge in [-0.3, -0.25) is 4.79 Å². The van der Waals surface area contributed by atoms with E-state index in [4.69, 9.17) is 22.1 Å². The minimum Gasteiger partial charge on any atom is -0.381 e. The number of sulfonamides is 1. The molecule has 5 atom stereocenters. The van der Waals surface area contributed by atoms with E-state index in [9.17, 15) is 13.2 Å². The second kappa shape index (κ2) is 12.8. The Morgan fingerprint density at radius 3 is 2.67 bits per heavy atom. The number of nitrogens with one attached hydrogen (secondary N) is 2. The summed E-state index contributed by atoms with van der Waals surface area (Å²) in [6.07, 6.45) is 3.95. The number of carbonyl (C=O) groups is 1. The van der Waals surface area contributed by atoms with E-state index in [-0.39, 0.29) is 35.4 Å². The molecule has 0 spiro atoms. The molecule has 1 amide bonds. The Hall–Kier alpha value is -2.08. The highest BCUT2D eigenvalue weighted by atomic mass is 35.5. The summed E-state index contributed by atoms with van der Waals surface area (Å²) in [7, 11) is -3.33. The van der Waals surface area contributed by atoms with Crippen LogP contribution in [0.1, 0.15) is 49.1 Å². The lowest BCUT2D eigenvalue weighted by molar-refractivity contribution is -0.118. The fourth-order valence-electron chi connectivity index (χ4n) is 6.39. The number of anilines is 1. The molecule has 8 nitrogen and oxygen atoms in total. The normalized spacial score (nSPS) is 26.4. The first-order valence-electron chi connectivity index (χ1n) is 14.1. The number of hydrogen-bond donors (Lipinski definition) is 3. The molecular formula is C29H38ClFN4O4S. The largest absolute Gasteiger partial charge is 0.381 e. The van der Waals surface area contributed by atoms with Gasteiger partial charge in [0.2, 0.25) is 15.9 Å². The van der Waals surface area contributed by atoms with Crippen LogP contribution in [0.5, 0.6) is 0 Å². The summed E-state index contributed by atoms with van der Waals surface area (Å²) >= 11 is 6.11. The van der Waals surface area contributed by atoms with Crippen molar-refractivity contribution in [3.8, 4) is 0 Å². The molecule has 11 heteroatoms. The van der Waals surface area contributed by atoms with Crippen LogP contribution in [0.2, 0.25) is 5.02 Å². The van der Waals surface area contributed by atoms with Gasteiger partial charge in [0.05, 0.1) is 17.5 Å². The molecule has 3 fully saturated rings. The number of halogens is 2. The van der Waals surface area contributed by atoms with Crippen LogP contribution < -0.4 is 16.4 Å². The van der Waals surface area contributed by atoms with Crippen molar-refractivity contribution in [3.05, 3.63) is 64.4 Å². The molecule has 4 N–H and O–H groups in total. The maximum Gasteiger partial charge on any atom is 0.242 e. The minimum absolute atomic E-state index is 0.102. The number of fused-ring (bicyclic) bond motifs is 2. The zero-order valence-corrected chi connectivity index (χ0v) is 24.1. The van der Waals surface area contributed by atoms with Gasteiger partial charge in [-0.05, 0) is 73.8 Å². The summed E-state index contributed by atoms with van der Waals surface area (Å²) < 4.78 is 48.0. The number of para-hydroxylation sites is 1. The first-order chi connectivity index (χ1) is 19.2. The lowest BCUT2D eigenvalue weighted by atomic mass is 9.76. The van der Waals surface area contributed by atoms with Gasteiger partial charge in [-0.15, -0.1) is 0 Å². The van der Waals surface area contributed by atoms with E-state index < -0.39 is 27.8 Å². The molecule has 218 valence electrons. The van der Waals surface area contributed by atoms with E-state index in [0.29, 0.717) is 56.2 Å². The van der Waals surface area contributed by atoms with Crippen molar-refractivity contribution in [3.63, 3.8) is 0 Å². The fourth-order valence-corrected chi connectivity index (χ4v) is 8.32. The molecule has 3 saturated heterocycles. The van der Waals surface area contributed by atoms with Crippen molar-refractivity contribution in [2.45, 2.75) is 62.6 Å². The Balaban J connectivity index is 1.32. The van der Waals surface area contributed by atoms with Gasteiger partial charge in [-0.25, -0.2) is 12.8 Å². The van der Waals surface area contributed by atoms with Crippen LogP contribution >= 0.6 is 11.6 Å². The molecule has 2 aromatic carbocycles. The molecule has 40 heavy (non-hydrogen) atoms. The molecule has 0 saturated carbocycles. The fraction of sp³-hybridized carbons (Fsp3) is 0.552. The molecule has 3 aliphatic heterocycles. The molecule has 2 bridgehead atoms. The molecule has 2 aromatic rings. The molecule has 0 aromatic heterocycles. The lowest BCUT2D eigenvalue weighted by Gasteiger charge is -2.37. The van der Waals surface area contributed by atoms with Gasteiger partial charge in [0.25, 0.3) is 0 Å². The van der Waals surface area contributed by atoms with Gasteiger partial charge in [-0.2, -0.15) is 4.31 Å². The molecular weight excluding hydrogens is 555 g/mol. The van der Waals surface area contributed by atoms with Crippen LogP contribution in [0.3, 0.4) is 0 Å². The van der Waals surface area contributed by atoms with Crippen LogP contribution in [0, 0.1) is 11.7 Å². The zero-order valence-electron chi connectivity index (χ0n) is 22.5. The predicted molar refractivity (Wildman–Crippen MR) is 154 cm³/mol. The van der Waals surface area contributed by atoms with E-state index in [1.54, 1.807) is 28.6 Å². The highest BCUT2D eigenvalue weighted by Gasteiger charge is 2.38. The minimum atomic E-state index is -3.33. The van der Waals surface area contributed by atoms with Crippen molar-refractivity contribution < 1.29 is 22.3 Å². The van der Waals surface area contributed by atoms with Crippen LogP contribution in [0.15, 0.2) is 42.5 Å². The van der Waals surface area contributed by atoms with E-state index >= 15 is 4.39 Å². The van der Waals surface area contributed by atoms with Gasteiger partial charge >= 0.3 is 0 Å². The Morgan fingerprint density at radius 1 is 1.18 bits per heavy atom. The standard InChI is InChI=1S/C29H38ClFN4O4S/c30-22-9-6-19(7-10-22)26(20-12-14-39-15-13-20)27(32)29(36)34-28-21(3-1-5-25(28)31)8-11-24-17-33-23-4-2-16-40(37,38)35(24)18-23/h1,3,5-7,9-10,20,23-24,26-27,33H,2,4,8,11-18,32H2,(H,34,36)/t23-,24+,26+,27+/m1/s1. The smallest absolute Gasteiger partial charge is 0.242 e. The maximum atomic E-state index is 15.1. The highest BCUT2D eigenvalue weighted by Crippen LogP contribution is 2.36. The zero-order chi connectivity index (χ0) is 28.3. The quantitative estimate of drug-likeness (QED) is 0.431. The number of nitrogens with zero attached hydrogens (tertiary/aromatic N) is 1. The summed E-state index contributed by atoms with van der Waals surface area (Å²) in [4.78, 5) is 13.6. The van der Waals surface area contributed by atoms with E-state index in [0.717, 1.165) is 24.8 Å². The average Bonchev–Trinajstić information content (AvgIpc) is 3.06. The highest BCUT2D eigenvalue weighted by molar-refractivity contribution is 7.89. The van der Waals surface area contributed by atoms with E-state index in [1.165, 1.54) is 6.07 Å². The van der Waals surface area contributed by atoms with Crippen LogP contribution in [0.4, 0.5) is 10.1 Å². The van der Waals surface area contributed by atoms with Crippen molar-refractivity contribution in [1.82, 2.24) is 9.62 Å². The van der Waals surface area contributed by atoms with Crippen molar-refractivity contribution >= 4 is 33.2 Å². The van der Waals surface area contributed by atoms with Gasteiger partial charge in [0, 0.05) is 49.3 Å². The topological polar surface area (TPSA) is 114 Å². The Kier molecular flexibility index (Phi) is 9.44. The number of nitrogens with two attached hydrogens (primary N) is 1. The van der Waals surface area contributed by atoms with Crippen LogP contribution in [-0.4, -0.2) is 68.8 Å². The number of amides is 1. The number of benzene rings is 2. The third-order valence-electron chi connectivity index (χ3n) is 8.58. The Labute approximate surface area is 240 Å². The first kappa shape index (κ1) is 29.4. The third kappa shape index (κ3) is 6.69. The number of piperazine rings is 1. The molecule has 0 radical (unpaired) electrons. The second-order valence-electron chi connectivity index (χ2n) is 11.1. The monoisotopic (exact) mass is 592 g/mol. The van der Waals surface area contributed by atoms with Crippen molar-refractivity contribution in [2.24, 2.45) is 11.7 Å². The first-order valence-corrected chi connectivity index (χ1v) is 16.1. The van der Waals surface area contributed by atoms with Crippen molar-refractivity contribution in [1.29, 1.82) is 0 Å². The number of ether oxygens (including phenoxy) is 1. The number of aryl methyl sites for hydroxylation is 1. The predicted octanol–water partition coefficient (Wildman–Crippen LogP) is 3.65.